The van der Waals surface area contributed by atoms with E-state index in [2.05, 4.69) is 4.72 Å². The molecule has 0 amide bonds. The highest BCUT2D eigenvalue weighted by atomic mass is 32.2. The van der Waals surface area contributed by atoms with Crippen molar-refractivity contribution in [1.82, 2.24) is 9.29 Å². The van der Waals surface area contributed by atoms with Crippen molar-refractivity contribution in [1.29, 1.82) is 0 Å². The van der Waals surface area contributed by atoms with Gasteiger partial charge in [-0.25, -0.2) is 8.42 Å². The monoisotopic (exact) mass is 562 g/mol. The molecule has 1 N–H and O–H groups in total. The number of aromatic nitrogens is 1. The van der Waals surface area contributed by atoms with E-state index < -0.39 is 52.1 Å². The standard InChI is InChI=1S/C28H29F3N2O5S/c1-18(2)26(32-39(36,37)14-13-21-9-6-5-7-10-21)27(35)38-17-25(34)24-15-19(3)33(20(24)4)23-12-8-11-22(16-23)28(29,30)31/h5-16,18,26,32H,17H2,1-4H3/b14-13+. The van der Waals surface area contributed by atoms with E-state index in [-0.39, 0.29) is 11.3 Å². The van der Waals surface area contributed by atoms with E-state index in [0.717, 1.165) is 17.5 Å². The summed E-state index contributed by atoms with van der Waals surface area (Å²) in [6.45, 7) is 5.80. The van der Waals surface area contributed by atoms with Gasteiger partial charge in [0.1, 0.15) is 6.04 Å². The largest absolute Gasteiger partial charge is 0.456 e. The van der Waals surface area contributed by atoms with Gasteiger partial charge in [0, 0.05) is 28.0 Å². The van der Waals surface area contributed by atoms with Crippen molar-refractivity contribution in [2.45, 2.75) is 39.9 Å². The quantitative estimate of drug-likeness (QED) is 0.262. The summed E-state index contributed by atoms with van der Waals surface area (Å²) in [5.74, 6) is -2.00. The van der Waals surface area contributed by atoms with Gasteiger partial charge < -0.3 is 9.30 Å². The molecule has 1 unspecified atom stereocenters. The predicted molar refractivity (Wildman–Crippen MR) is 142 cm³/mol. The Morgan fingerprint density at radius 3 is 2.31 bits per heavy atom. The lowest BCUT2D eigenvalue weighted by molar-refractivity contribution is -0.145. The van der Waals surface area contributed by atoms with Crippen LogP contribution in [0.15, 0.2) is 66.1 Å². The topological polar surface area (TPSA) is 94.5 Å². The molecule has 0 radical (unpaired) electrons. The molecule has 208 valence electrons. The molecule has 0 aliphatic rings. The van der Waals surface area contributed by atoms with Crippen LogP contribution in [0.2, 0.25) is 0 Å². The van der Waals surface area contributed by atoms with Gasteiger partial charge in [0.15, 0.2) is 6.61 Å². The number of ketones is 1. The lowest BCUT2D eigenvalue weighted by Crippen LogP contribution is -2.45. The highest BCUT2D eigenvalue weighted by molar-refractivity contribution is 7.92. The van der Waals surface area contributed by atoms with Crippen molar-refractivity contribution < 1.29 is 35.9 Å². The Morgan fingerprint density at radius 1 is 1.03 bits per heavy atom. The predicted octanol–water partition coefficient (Wildman–Crippen LogP) is 5.45. The SMILES string of the molecule is Cc1cc(C(=O)COC(=O)C(NS(=O)(=O)/C=C/c2ccccc2)C(C)C)c(C)n1-c1cccc(C(F)(F)F)c1. The number of nitrogens with zero attached hydrogens (tertiary/aromatic N) is 1. The van der Waals surface area contributed by atoms with Gasteiger partial charge in [0.25, 0.3) is 0 Å². The van der Waals surface area contributed by atoms with Crippen LogP contribution in [-0.2, 0) is 25.7 Å². The third kappa shape index (κ3) is 7.67. The summed E-state index contributed by atoms with van der Waals surface area (Å²) in [6, 6.07) is 13.7. The Bertz CT molecular complexity index is 1480. The number of benzene rings is 2. The van der Waals surface area contributed by atoms with Gasteiger partial charge >= 0.3 is 12.1 Å². The molecule has 1 atom stereocenters. The molecule has 0 aliphatic carbocycles. The number of nitrogens with one attached hydrogen (secondary N) is 1. The molecule has 1 aromatic heterocycles. The minimum absolute atomic E-state index is 0.171. The highest BCUT2D eigenvalue weighted by Gasteiger charge is 2.31. The molecule has 2 aromatic carbocycles. The first kappa shape index (κ1) is 29.9. The number of ether oxygens (including phenoxy) is 1. The van der Waals surface area contributed by atoms with Crippen LogP contribution >= 0.6 is 0 Å². The summed E-state index contributed by atoms with van der Waals surface area (Å²) in [5, 5.41) is 0.943. The van der Waals surface area contributed by atoms with Crippen molar-refractivity contribution in [2.24, 2.45) is 5.92 Å². The summed E-state index contributed by atoms with van der Waals surface area (Å²) in [5.41, 5.74) is 1.12. The van der Waals surface area contributed by atoms with Crippen molar-refractivity contribution >= 4 is 27.9 Å². The molecular weight excluding hydrogens is 533 g/mol. The summed E-state index contributed by atoms with van der Waals surface area (Å²) in [4.78, 5) is 25.7. The first-order chi connectivity index (χ1) is 18.2. The zero-order valence-corrected chi connectivity index (χ0v) is 22.6. The third-order valence-corrected chi connectivity index (χ3v) is 7.04. The van der Waals surface area contributed by atoms with Gasteiger partial charge in [-0.2, -0.15) is 17.9 Å². The zero-order chi connectivity index (χ0) is 29.0. The minimum atomic E-state index is -4.52. The Balaban J connectivity index is 1.72. The van der Waals surface area contributed by atoms with Crippen molar-refractivity contribution in [3.63, 3.8) is 0 Å². The lowest BCUT2D eigenvalue weighted by atomic mass is 10.1. The van der Waals surface area contributed by atoms with Crippen LogP contribution in [-0.4, -0.2) is 37.4 Å². The van der Waals surface area contributed by atoms with Gasteiger partial charge in [-0.15, -0.1) is 0 Å². The molecule has 0 fully saturated rings. The van der Waals surface area contributed by atoms with Crippen LogP contribution in [0.5, 0.6) is 0 Å². The molecule has 7 nitrogen and oxygen atoms in total. The van der Waals surface area contributed by atoms with E-state index in [1.54, 1.807) is 58.0 Å². The molecule has 3 aromatic rings. The molecule has 11 heteroatoms. The first-order valence-electron chi connectivity index (χ1n) is 12.0. The lowest BCUT2D eigenvalue weighted by Gasteiger charge is -2.19. The van der Waals surface area contributed by atoms with Gasteiger partial charge in [0.05, 0.1) is 5.56 Å². The number of carbonyl (C=O) groups excluding carboxylic acids is 2. The molecule has 0 spiro atoms. The number of sulfonamides is 1. The number of aryl methyl sites for hydroxylation is 1. The van der Waals surface area contributed by atoms with E-state index in [1.807, 2.05) is 0 Å². The van der Waals surface area contributed by atoms with E-state index in [0.29, 0.717) is 17.0 Å². The number of halogens is 3. The van der Waals surface area contributed by atoms with Crippen molar-refractivity contribution in [3.05, 3.63) is 94.1 Å². The molecule has 0 bridgehead atoms. The highest BCUT2D eigenvalue weighted by Crippen LogP contribution is 2.31. The van der Waals surface area contributed by atoms with Crippen LogP contribution < -0.4 is 4.72 Å². The van der Waals surface area contributed by atoms with Gasteiger partial charge in [0.2, 0.25) is 15.8 Å². The summed E-state index contributed by atoms with van der Waals surface area (Å²) >= 11 is 0. The van der Waals surface area contributed by atoms with Gasteiger partial charge in [-0.05, 0) is 55.7 Å². The Kier molecular flexibility index (Phi) is 9.18. The van der Waals surface area contributed by atoms with Crippen LogP contribution in [0.1, 0.15) is 46.7 Å². The summed E-state index contributed by atoms with van der Waals surface area (Å²) in [6.07, 6.45) is -3.14. The Morgan fingerprint density at radius 2 is 1.69 bits per heavy atom. The minimum Gasteiger partial charge on any atom is -0.456 e. The maximum atomic E-state index is 13.2. The van der Waals surface area contributed by atoms with E-state index >= 15 is 0 Å². The number of carbonyl (C=O) groups is 2. The number of hydrogen-bond acceptors (Lipinski definition) is 5. The number of rotatable bonds is 10. The number of hydrogen-bond donors (Lipinski definition) is 1. The fourth-order valence-electron chi connectivity index (χ4n) is 3.97. The van der Waals surface area contributed by atoms with Gasteiger partial charge in [-0.1, -0.05) is 50.2 Å². The average molecular weight is 563 g/mol. The normalized spacial score (nSPS) is 13.1. The second kappa shape index (κ2) is 12.0. The number of Topliss-reactive ketones (excluding diaryl/α,β-unsaturated/α-hetero) is 1. The van der Waals surface area contributed by atoms with Crippen LogP contribution in [0.25, 0.3) is 11.8 Å². The number of esters is 1. The average Bonchev–Trinajstić information content (AvgIpc) is 3.18. The maximum absolute atomic E-state index is 13.2. The van der Waals surface area contributed by atoms with E-state index in [9.17, 15) is 31.2 Å². The van der Waals surface area contributed by atoms with E-state index in [4.69, 9.17) is 4.74 Å². The zero-order valence-electron chi connectivity index (χ0n) is 21.8. The smallest absolute Gasteiger partial charge is 0.416 e. The molecular formula is C28H29F3N2O5S. The third-order valence-electron chi connectivity index (χ3n) is 5.96. The fourth-order valence-corrected chi connectivity index (χ4v) is 5.11. The molecule has 0 aliphatic heterocycles. The molecule has 0 saturated carbocycles. The second-order valence-electron chi connectivity index (χ2n) is 9.30. The summed E-state index contributed by atoms with van der Waals surface area (Å²) in [7, 11) is -4.01. The maximum Gasteiger partial charge on any atom is 0.416 e. The molecule has 3 rings (SSSR count). The van der Waals surface area contributed by atoms with Crippen molar-refractivity contribution in [2.75, 3.05) is 6.61 Å². The van der Waals surface area contributed by atoms with Gasteiger partial charge in [-0.3, -0.25) is 9.59 Å². The first-order valence-corrected chi connectivity index (χ1v) is 13.6. The molecule has 1 heterocycles. The Hall–Kier alpha value is -3.70. The molecule has 39 heavy (non-hydrogen) atoms. The second-order valence-corrected chi connectivity index (χ2v) is 10.9. The summed E-state index contributed by atoms with van der Waals surface area (Å²) < 4.78 is 73.6. The molecule has 0 saturated heterocycles. The van der Waals surface area contributed by atoms with Crippen LogP contribution in [0, 0.1) is 19.8 Å². The Labute approximate surface area is 225 Å². The van der Waals surface area contributed by atoms with Crippen molar-refractivity contribution in [3.8, 4) is 5.69 Å². The fraction of sp³-hybridized carbons (Fsp3) is 0.286. The van der Waals surface area contributed by atoms with E-state index in [1.165, 1.54) is 28.8 Å². The van der Waals surface area contributed by atoms with Crippen LogP contribution in [0.4, 0.5) is 13.2 Å². The van der Waals surface area contributed by atoms with Crippen LogP contribution in [0.3, 0.4) is 0 Å². The number of alkyl halides is 3.